The first-order valence-corrected chi connectivity index (χ1v) is 12.1. The van der Waals surface area contributed by atoms with E-state index in [4.69, 9.17) is 9.47 Å². The number of likely N-dealkylation sites (tertiary alicyclic amines) is 1. The Hall–Kier alpha value is -3.61. The standard InChI is InChI=1S/C28H28N2O5/c1-34-16-8-11-23(35-2)21(13-16)29-26(31)22(12-15-6-4-3-5-7-15)30-27(32)24-17-9-10-18(20-14-19(17)20)25(24)28(30)33/h3-11,13,17-20,22,24-25H,12,14H2,1-2H3,(H,29,31)/t17-,18-,19-,20-,22-,24+,25+/m1/s1. The second-order valence-electron chi connectivity index (χ2n) is 9.96. The molecule has 7 atom stereocenters. The first-order valence-electron chi connectivity index (χ1n) is 12.1. The van der Waals surface area contributed by atoms with E-state index in [0.717, 1.165) is 12.0 Å². The molecule has 0 aromatic heterocycles. The molecule has 2 aromatic carbocycles. The highest BCUT2D eigenvalue weighted by Gasteiger charge is 2.67. The van der Waals surface area contributed by atoms with Gasteiger partial charge in [-0.3, -0.25) is 19.3 Å². The second-order valence-corrected chi connectivity index (χ2v) is 9.96. The van der Waals surface area contributed by atoms with Gasteiger partial charge in [-0.1, -0.05) is 42.5 Å². The molecule has 4 aliphatic carbocycles. The molecule has 180 valence electrons. The van der Waals surface area contributed by atoms with Gasteiger partial charge in [0, 0.05) is 12.5 Å². The van der Waals surface area contributed by atoms with Gasteiger partial charge in [-0.05, 0) is 47.8 Å². The minimum atomic E-state index is -0.963. The number of methoxy groups -OCH3 is 2. The summed E-state index contributed by atoms with van der Waals surface area (Å²) in [5.41, 5.74) is 1.30. The maximum Gasteiger partial charge on any atom is 0.248 e. The first-order chi connectivity index (χ1) is 17.0. The highest BCUT2D eigenvalue weighted by Crippen LogP contribution is 2.65. The fraction of sp³-hybridized carbons (Fsp3) is 0.393. The van der Waals surface area contributed by atoms with Gasteiger partial charge >= 0.3 is 0 Å². The highest BCUT2D eigenvalue weighted by atomic mass is 16.5. The van der Waals surface area contributed by atoms with E-state index in [9.17, 15) is 14.4 Å². The average Bonchev–Trinajstić information content (AvgIpc) is 3.66. The van der Waals surface area contributed by atoms with Crippen LogP contribution in [0.25, 0.3) is 0 Å². The minimum absolute atomic E-state index is 0.107. The van der Waals surface area contributed by atoms with Crippen molar-refractivity contribution in [3.8, 4) is 11.5 Å². The Labute approximate surface area is 204 Å². The number of benzene rings is 2. The molecule has 7 nitrogen and oxygen atoms in total. The van der Waals surface area contributed by atoms with Crippen LogP contribution in [-0.4, -0.2) is 42.9 Å². The lowest BCUT2D eigenvalue weighted by molar-refractivity contribution is -0.146. The van der Waals surface area contributed by atoms with E-state index in [1.165, 1.54) is 12.0 Å². The lowest BCUT2D eigenvalue weighted by atomic mass is 9.63. The van der Waals surface area contributed by atoms with Crippen LogP contribution in [0.5, 0.6) is 11.5 Å². The molecule has 5 aliphatic rings. The Morgan fingerprint density at radius 3 is 2.23 bits per heavy atom. The summed E-state index contributed by atoms with van der Waals surface area (Å²) in [6.45, 7) is 0. The molecular weight excluding hydrogens is 444 g/mol. The molecule has 7 heteroatoms. The molecule has 3 amide bonds. The molecular formula is C28H28N2O5. The number of hydrogen-bond donors (Lipinski definition) is 1. The zero-order chi connectivity index (χ0) is 24.3. The van der Waals surface area contributed by atoms with Gasteiger partial charge in [-0.25, -0.2) is 0 Å². The van der Waals surface area contributed by atoms with Crippen molar-refractivity contribution in [2.45, 2.75) is 18.9 Å². The van der Waals surface area contributed by atoms with Crippen LogP contribution in [0.1, 0.15) is 12.0 Å². The number of anilines is 1. The number of allylic oxidation sites excluding steroid dienone is 2. The predicted octanol–water partition coefficient (Wildman–Crippen LogP) is 3.31. The number of nitrogens with zero attached hydrogens (tertiary/aromatic N) is 1. The molecule has 3 fully saturated rings. The number of imide groups is 1. The van der Waals surface area contributed by atoms with Crippen LogP contribution in [0.4, 0.5) is 5.69 Å². The monoisotopic (exact) mass is 472 g/mol. The Kier molecular flexibility index (Phi) is 5.16. The third-order valence-corrected chi connectivity index (χ3v) is 8.25. The maximum absolute atomic E-state index is 13.8. The molecule has 1 heterocycles. The van der Waals surface area contributed by atoms with E-state index in [1.54, 1.807) is 25.3 Å². The van der Waals surface area contributed by atoms with Crippen LogP contribution in [0.15, 0.2) is 60.7 Å². The van der Waals surface area contributed by atoms with Crippen molar-refractivity contribution in [2.75, 3.05) is 19.5 Å². The quantitative estimate of drug-likeness (QED) is 0.494. The molecule has 2 bridgehead atoms. The third-order valence-electron chi connectivity index (χ3n) is 8.25. The minimum Gasteiger partial charge on any atom is -0.497 e. The van der Waals surface area contributed by atoms with E-state index in [1.807, 2.05) is 30.3 Å². The molecule has 0 spiro atoms. The third kappa shape index (κ3) is 3.44. The number of carbonyl (C=O) groups excluding carboxylic acids is 3. The molecule has 2 aromatic rings. The van der Waals surface area contributed by atoms with E-state index in [0.29, 0.717) is 29.0 Å². The van der Waals surface area contributed by atoms with E-state index in [2.05, 4.69) is 17.5 Å². The summed E-state index contributed by atoms with van der Waals surface area (Å²) in [5.74, 6) is 0.705. The summed E-state index contributed by atoms with van der Waals surface area (Å²) in [4.78, 5) is 42.5. The molecule has 0 radical (unpaired) electrons. The van der Waals surface area contributed by atoms with Crippen molar-refractivity contribution in [1.82, 2.24) is 4.90 Å². The van der Waals surface area contributed by atoms with Crippen LogP contribution >= 0.6 is 0 Å². The Morgan fingerprint density at radius 2 is 1.63 bits per heavy atom. The van der Waals surface area contributed by atoms with Crippen LogP contribution in [0, 0.1) is 35.5 Å². The predicted molar refractivity (Wildman–Crippen MR) is 129 cm³/mol. The van der Waals surface area contributed by atoms with Crippen molar-refractivity contribution < 1.29 is 23.9 Å². The van der Waals surface area contributed by atoms with Crippen molar-refractivity contribution in [3.05, 3.63) is 66.2 Å². The van der Waals surface area contributed by atoms with Gasteiger partial charge in [-0.15, -0.1) is 0 Å². The lowest BCUT2D eigenvalue weighted by Crippen LogP contribution is -2.49. The number of amides is 3. The van der Waals surface area contributed by atoms with Crippen LogP contribution in [0.3, 0.4) is 0 Å². The summed E-state index contributed by atoms with van der Waals surface area (Å²) in [6, 6.07) is 13.6. The first kappa shape index (κ1) is 21.9. The number of rotatable bonds is 7. The molecule has 35 heavy (non-hydrogen) atoms. The largest absolute Gasteiger partial charge is 0.497 e. The smallest absolute Gasteiger partial charge is 0.248 e. The fourth-order valence-electron chi connectivity index (χ4n) is 6.55. The SMILES string of the molecule is COc1ccc(OC)c(NC(=O)[C@@H](Cc2ccccc2)N2C(=O)[C@H]3[C@@H]4C=C[C@H]([C@H]5C[C@H]45)[C@@H]3C2=O)c1. The van der Waals surface area contributed by atoms with Crippen molar-refractivity contribution >= 4 is 23.4 Å². The van der Waals surface area contributed by atoms with Crippen LogP contribution in [-0.2, 0) is 20.8 Å². The Bertz CT molecular complexity index is 1190. The zero-order valence-corrected chi connectivity index (χ0v) is 19.7. The molecule has 7 rings (SSSR count). The van der Waals surface area contributed by atoms with E-state index < -0.39 is 11.9 Å². The topological polar surface area (TPSA) is 84.9 Å². The van der Waals surface area contributed by atoms with Crippen molar-refractivity contribution in [2.24, 2.45) is 35.5 Å². The van der Waals surface area contributed by atoms with E-state index in [-0.39, 0.29) is 41.9 Å². The highest BCUT2D eigenvalue weighted by molar-refractivity contribution is 6.11. The molecule has 0 unspecified atom stereocenters. The van der Waals surface area contributed by atoms with Gasteiger partial charge in [0.25, 0.3) is 0 Å². The number of carbonyl (C=O) groups is 3. The number of hydrogen-bond acceptors (Lipinski definition) is 5. The summed E-state index contributed by atoms with van der Waals surface area (Å²) < 4.78 is 10.7. The second kappa shape index (κ2) is 8.26. The summed E-state index contributed by atoms with van der Waals surface area (Å²) >= 11 is 0. The molecule has 1 aliphatic heterocycles. The molecule has 1 saturated heterocycles. The summed E-state index contributed by atoms with van der Waals surface area (Å²) in [7, 11) is 3.06. The number of ether oxygens (including phenoxy) is 2. The van der Waals surface area contributed by atoms with Crippen molar-refractivity contribution in [3.63, 3.8) is 0 Å². The lowest BCUT2D eigenvalue weighted by Gasteiger charge is -2.37. The van der Waals surface area contributed by atoms with E-state index >= 15 is 0 Å². The van der Waals surface area contributed by atoms with Gasteiger partial charge < -0.3 is 14.8 Å². The van der Waals surface area contributed by atoms with Crippen LogP contribution in [0.2, 0.25) is 0 Å². The van der Waals surface area contributed by atoms with Crippen molar-refractivity contribution in [1.29, 1.82) is 0 Å². The fourth-order valence-corrected chi connectivity index (χ4v) is 6.55. The Balaban J connectivity index is 1.34. The Morgan fingerprint density at radius 1 is 0.971 bits per heavy atom. The van der Waals surface area contributed by atoms with Gasteiger partial charge in [-0.2, -0.15) is 0 Å². The molecule has 1 N–H and O–H groups in total. The zero-order valence-electron chi connectivity index (χ0n) is 19.7. The van der Waals surface area contributed by atoms with Gasteiger partial charge in [0.15, 0.2) is 0 Å². The molecule has 2 saturated carbocycles. The van der Waals surface area contributed by atoms with Crippen LogP contribution < -0.4 is 14.8 Å². The normalized spacial score (nSPS) is 30.5. The van der Waals surface area contributed by atoms with Gasteiger partial charge in [0.2, 0.25) is 17.7 Å². The average molecular weight is 473 g/mol. The maximum atomic E-state index is 13.8. The summed E-state index contributed by atoms with van der Waals surface area (Å²) in [5, 5.41) is 2.91. The van der Waals surface area contributed by atoms with Gasteiger partial charge in [0.05, 0.1) is 31.7 Å². The van der Waals surface area contributed by atoms with Gasteiger partial charge in [0.1, 0.15) is 17.5 Å². The number of nitrogens with one attached hydrogen (secondary N) is 1. The summed E-state index contributed by atoms with van der Waals surface area (Å²) in [6.07, 6.45) is 5.62.